The Labute approximate surface area is 124 Å². The second kappa shape index (κ2) is 6.60. The fraction of sp³-hybridized carbons (Fsp3) is 0.143. The molecule has 0 radical (unpaired) electrons. The van der Waals surface area contributed by atoms with Gasteiger partial charge in [-0.05, 0) is 17.7 Å². The van der Waals surface area contributed by atoms with Gasteiger partial charge in [0, 0.05) is 41.9 Å². The minimum absolute atomic E-state index is 0.0656. The quantitative estimate of drug-likeness (QED) is 0.674. The molecule has 2 aromatic carbocycles. The number of benzene rings is 2. The van der Waals surface area contributed by atoms with Crippen LogP contribution < -0.4 is 5.32 Å². The van der Waals surface area contributed by atoms with Gasteiger partial charge in [0.15, 0.2) is 0 Å². The van der Waals surface area contributed by atoms with Gasteiger partial charge < -0.3 is 5.32 Å². The Balaban J connectivity index is 2.03. The molecule has 0 bridgehead atoms. The maximum Gasteiger partial charge on any atom is 0.269 e. The monoisotopic (exact) mass is 312 g/mol. The molecule has 1 N–H and O–H groups in total. The summed E-state index contributed by atoms with van der Waals surface area (Å²) in [6, 6.07) is 7.42. The molecule has 0 aliphatic carbocycles. The van der Waals surface area contributed by atoms with Crippen molar-refractivity contribution >= 4 is 17.3 Å². The van der Waals surface area contributed by atoms with Crippen molar-refractivity contribution in [3.63, 3.8) is 0 Å². The number of hydrogen-bond donors (Lipinski definition) is 1. The summed E-state index contributed by atoms with van der Waals surface area (Å²) in [5.41, 5.74) is 0.774. The average molecular weight is 313 g/mol. The van der Waals surface area contributed by atoms with E-state index in [1.807, 2.05) is 0 Å². The first-order chi connectivity index (χ1) is 9.97. The molecule has 0 amide bonds. The zero-order valence-corrected chi connectivity index (χ0v) is 11.5. The van der Waals surface area contributed by atoms with Crippen LogP contribution in [-0.2, 0) is 13.1 Å². The lowest BCUT2D eigenvalue weighted by Crippen LogP contribution is -2.14. The van der Waals surface area contributed by atoms with Crippen LogP contribution >= 0.6 is 11.6 Å². The summed E-state index contributed by atoms with van der Waals surface area (Å²) in [7, 11) is 0. The Kier molecular flexibility index (Phi) is 4.82. The van der Waals surface area contributed by atoms with Gasteiger partial charge in [0.25, 0.3) is 5.69 Å². The van der Waals surface area contributed by atoms with Gasteiger partial charge in [-0.25, -0.2) is 8.78 Å². The number of nitrogens with one attached hydrogen (secondary N) is 1. The summed E-state index contributed by atoms with van der Waals surface area (Å²) >= 11 is 5.95. The molecule has 7 heteroatoms. The van der Waals surface area contributed by atoms with E-state index in [0.29, 0.717) is 16.1 Å². The van der Waals surface area contributed by atoms with Crippen LogP contribution in [-0.4, -0.2) is 4.92 Å². The molecule has 0 saturated carbocycles. The highest BCUT2D eigenvalue weighted by Crippen LogP contribution is 2.22. The lowest BCUT2D eigenvalue weighted by molar-refractivity contribution is -0.384. The number of nitrogens with zero attached hydrogens (tertiary/aromatic N) is 1. The van der Waals surface area contributed by atoms with Gasteiger partial charge in [-0.1, -0.05) is 17.7 Å². The zero-order chi connectivity index (χ0) is 15.4. The van der Waals surface area contributed by atoms with Gasteiger partial charge in [-0.15, -0.1) is 0 Å². The van der Waals surface area contributed by atoms with Crippen LogP contribution in [0.3, 0.4) is 0 Å². The molecule has 4 nitrogen and oxygen atoms in total. The Hall–Kier alpha value is -2.05. The van der Waals surface area contributed by atoms with Gasteiger partial charge in [0.1, 0.15) is 11.6 Å². The average Bonchev–Trinajstić information content (AvgIpc) is 2.43. The van der Waals surface area contributed by atoms with Crippen LogP contribution in [0, 0.1) is 21.7 Å². The van der Waals surface area contributed by atoms with Gasteiger partial charge in [-0.3, -0.25) is 10.1 Å². The largest absolute Gasteiger partial charge is 0.308 e. The van der Waals surface area contributed by atoms with Crippen LogP contribution in [0.15, 0.2) is 36.4 Å². The number of non-ortho nitro benzene ring substituents is 1. The van der Waals surface area contributed by atoms with Gasteiger partial charge >= 0.3 is 0 Å². The standard InChI is InChI=1S/C14H11ClF2N2O2/c15-13-4-3-12(19(20)21)5-10(13)8-18-7-9-1-2-11(16)6-14(9)17/h1-6,18H,7-8H2. The number of rotatable bonds is 5. The molecule has 0 heterocycles. The predicted octanol–water partition coefficient (Wildman–Crippen LogP) is 3.82. The van der Waals surface area contributed by atoms with Crippen molar-refractivity contribution in [3.05, 3.63) is 74.3 Å². The Morgan fingerprint density at radius 3 is 2.48 bits per heavy atom. The number of nitro groups is 1. The Morgan fingerprint density at radius 2 is 1.81 bits per heavy atom. The highest BCUT2D eigenvalue weighted by molar-refractivity contribution is 6.31. The van der Waals surface area contributed by atoms with E-state index in [9.17, 15) is 18.9 Å². The van der Waals surface area contributed by atoms with E-state index < -0.39 is 16.6 Å². The molecular formula is C14H11ClF2N2O2. The van der Waals surface area contributed by atoms with Crippen LogP contribution in [0.1, 0.15) is 11.1 Å². The van der Waals surface area contributed by atoms with Crippen LogP contribution in [0.25, 0.3) is 0 Å². The van der Waals surface area contributed by atoms with Crippen molar-refractivity contribution in [3.8, 4) is 0 Å². The summed E-state index contributed by atoms with van der Waals surface area (Å²) in [5.74, 6) is -1.29. The zero-order valence-electron chi connectivity index (χ0n) is 10.8. The number of halogens is 3. The summed E-state index contributed by atoms with van der Waals surface area (Å²) in [6.07, 6.45) is 0. The molecule has 0 fully saturated rings. The molecule has 2 aromatic rings. The molecule has 0 atom stereocenters. The molecule has 0 unspecified atom stereocenters. The summed E-state index contributed by atoms with van der Waals surface area (Å²) in [5, 5.41) is 14.0. The predicted molar refractivity (Wildman–Crippen MR) is 75.0 cm³/mol. The molecule has 0 spiro atoms. The highest BCUT2D eigenvalue weighted by Gasteiger charge is 2.10. The molecule has 0 aromatic heterocycles. The minimum Gasteiger partial charge on any atom is -0.308 e. The van der Waals surface area contributed by atoms with E-state index in [2.05, 4.69) is 5.32 Å². The molecule has 21 heavy (non-hydrogen) atoms. The third kappa shape index (κ3) is 3.96. The van der Waals surface area contributed by atoms with Gasteiger partial charge in [-0.2, -0.15) is 0 Å². The van der Waals surface area contributed by atoms with Gasteiger partial charge in [0.05, 0.1) is 4.92 Å². The van der Waals surface area contributed by atoms with Crippen LogP contribution in [0.4, 0.5) is 14.5 Å². The second-order valence-electron chi connectivity index (χ2n) is 4.37. The molecule has 110 valence electrons. The van der Waals surface area contributed by atoms with E-state index in [-0.39, 0.29) is 18.8 Å². The van der Waals surface area contributed by atoms with Gasteiger partial charge in [0.2, 0.25) is 0 Å². The fourth-order valence-corrected chi connectivity index (χ4v) is 1.99. The van der Waals surface area contributed by atoms with E-state index in [1.54, 1.807) is 0 Å². The third-order valence-corrected chi connectivity index (χ3v) is 3.25. The summed E-state index contributed by atoms with van der Waals surface area (Å²) in [6.45, 7) is 0.391. The van der Waals surface area contributed by atoms with Crippen molar-refractivity contribution in [2.45, 2.75) is 13.1 Å². The maximum atomic E-state index is 13.4. The Morgan fingerprint density at radius 1 is 1.10 bits per heavy atom. The molecular weight excluding hydrogens is 302 g/mol. The Bertz CT molecular complexity index is 680. The minimum atomic E-state index is -0.646. The lowest BCUT2D eigenvalue weighted by Gasteiger charge is -2.08. The number of nitro benzene ring substituents is 1. The van der Waals surface area contributed by atoms with Crippen molar-refractivity contribution in [1.82, 2.24) is 5.32 Å². The van der Waals surface area contributed by atoms with E-state index in [0.717, 1.165) is 6.07 Å². The lowest BCUT2D eigenvalue weighted by atomic mass is 10.1. The molecule has 0 saturated heterocycles. The van der Waals surface area contributed by atoms with Crippen molar-refractivity contribution in [1.29, 1.82) is 0 Å². The first-order valence-electron chi connectivity index (χ1n) is 6.05. The fourth-order valence-electron chi connectivity index (χ4n) is 1.81. The van der Waals surface area contributed by atoms with E-state index in [1.165, 1.54) is 30.3 Å². The van der Waals surface area contributed by atoms with E-state index in [4.69, 9.17) is 11.6 Å². The van der Waals surface area contributed by atoms with Crippen molar-refractivity contribution in [2.24, 2.45) is 0 Å². The smallest absolute Gasteiger partial charge is 0.269 e. The SMILES string of the molecule is O=[N+]([O-])c1ccc(Cl)c(CNCc2ccc(F)cc2F)c1. The first-order valence-corrected chi connectivity index (χ1v) is 6.42. The summed E-state index contributed by atoms with van der Waals surface area (Å²) in [4.78, 5) is 10.2. The molecule has 2 rings (SSSR count). The van der Waals surface area contributed by atoms with Crippen LogP contribution in [0.2, 0.25) is 5.02 Å². The first kappa shape index (κ1) is 15.3. The molecule has 0 aliphatic rings. The highest BCUT2D eigenvalue weighted by atomic mass is 35.5. The van der Waals surface area contributed by atoms with Crippen molar-refractivity contribution in [2.75, 3.05) is 0 Å². The normalized spacial score (nSPS) is 10.6. The maximum absolute atomic E-state index is 13.4. The molecule has 0 aliphatic heterocycles. The summed E-state index contributed by atoms with van der Waals surface area (Å²) < 4.78 is 26.2. The second-order valence-corrected chi connectivity index (χ2v) is 4.78. The number of hydrogen-bond acceptors (Lipinski definition) is 3. The van der Waals surface area contributed by atoms with Crippen molar-refractivity contribution < 1.29 is 13.7 Å². The topological polar surface area (TPSA) is 55.2 Å². The van der Waals surface area contributed by atoms with E-state index >= 15 is 0 Å². The van der Waals surface area contributed by atoms with Crippen LogP contribution in [0.5, 0.6) is 0 Å². The third-order valence-electron chi connectivity index (χ3n) is 2.89.